The van der Waals surface area contributed by atoms with E-state index in [1.807, 2.05) is 13.0 Å². The zero-order valence-electron chi connectivity index (χ0n) is 18.0. The van der Waals surface area contributed by atoms with E-state index < -0.39 is 11.8 Å². The van der Waals surface area contributed by atoms with Crippen LogP contribution in [0.15, 0.2) is 41.5 Å². The van der Waals surface area contributed by atoms with Crippen LogP contribution in [0.25, 0.3) is 0 Å². The third kappa shape index (κ3) is 5.97. The van der Waals surface area contributed by atoms with Crippen molar-refractivity contribution >= 4 is 34.8 Å². The molecule has 0 spiro atoms. The van der Waals surface area contributed by atoms with E-state index in [1.54, 1.807) is 37.3 Å². The molecule has 168 valence electrons. The van der Waals surface area contributed by atoms with E-state index in [9.17, 15) is 14.4 Å². The standard InChI is InChI=1S/C22H24N4O6/c1-13-4-6-17(30-3)16(10-13)24-21(28)22(29)26-25-14(2)11-20(27)23-15-5-7-18-19(12-15)32-9-8-31-18/h4-7,10,12H,8-9,11H2,1-3H3,(H,23,27)(H,24,28)(H,26,29)/b25-14-. The largest absolute Gasteiger partial charge is 0.495 e. The number of fused-ring (bicyclic) bond motifs is 1. The second kappa shape index (κ2) is 10.3. The van der Waals surface area contributed by atoms with Crippen LogP contribution in [0, 0.1) is 6.92 Å². The summed E-state index contributed by atoms with van der Waals surface area (Å²) in [6, 6.07) is 10.3. The summed E-state index contributed by atoms with van der Waals surface area (Å²) in [5.74, 6) is -0.621. The summed E-state index contributed by atoms with van der Waals surface area (Å²) in [5, 5.41) is 9.02. The van der Waals surface area contributed by atoms with Crippen LogP contribution in [0.5, 0.6) is 17.2 Å². The van der Waals surface area contributed by atoms with Gasteiger partial charge in [0.1, 0.15) is 19.0 Å². The molecule has 0 aliphatic carbocycles. The van der Waals surface area contributed by atoms with Gasteiger partial charge in [-0.3, -0.25) is 14.4 Å². The normalized spacial score (nSPS) is 12.5. The molecule has 3 amide bonds. The predicted molar refractivity (Wildman–Crippen MR) is 118 cm³/mol. The van der Waals surface area contributed by atoms with E-state index in [0.717, 1.165) is 5.56 Å². The average molecular weight is 440 g/mol. The van der Waals surface area contributed by atoms with Crippen molar-refractivity contribution in [3.63, 3.8) is 0 Å². The van der Waals surface area contributed by atoms with Crippen molar-refractivity contribution in [3.05, 3.63) is 42.0 Å². The number of aryl methyl sites for hydroxylation is 1. The Morgan fingerprint density at radius 3 is 2.50 bits per heavy atom. The van der Waals surface area contributed by atoms with Gasteiger partial charge in [0.25, 0.3) is 0 Å². The monoisotopic (exact) mass is 440 g/mol. The van der Waals surface area contributed by atoms with Crippen molar-refractivity contribution in [2.24, 2.45) is 5.10 Å². The van der Waals surface area contributed by atoms with Crippen LogP contribution < -0.4 is 30.3 Å². The van der Waals surface area contributed by atoms with E-state index in [4.69, 9.17) is 14.2 Å². The van der Waals surface area contributed by atoms with Crippen LogP contribution >= 0.6 is 0 Å². The van der Waals surface area contributed by atoms with Crippen molar-refractivity contribution in [1.82, 2.24) is 5.43 Å². The first kappa shape index (κ1) is 22.6. The topological polar surface area (TPSA) is 127 Å². The number of nitrogens with zero attached hydrogens (tertiary/aromatic N) is 1. The lowest BCUT2D eigenvalue weighted by molar-refractivity contribution is -0.136. The number of amides is 3. The van der Waals surface area contributed by atoms with E-state index in [-0.39, 0.29) is 12.3 Å². The third-order valence-electron chi connectivity index (χ3n) is 4.40. The van der Waals surface area contributed by atoms with E-state index in [0.29, 0.717) is 47.5 Å². The molecular weight excluding hydrogens is 416 g/mol. The van der Waals surface area contributed by atoms with Gasteiger partial charge in [0.2, 0.25) is 5.91 Å². The number of hydrazone groups is 1. The number of carbonyl (C=O) groups excluding carboxylic acids is 3. The molecule has 0 bridgehead atoms. The minimum absolute atomic E-state index is 0.0813. The predicted octanol–water partition coefficient (Wildman–Crippen LogP) is 2.23. The van der Waals surface area contributed by atoms with E-state index >= 15 is 0 Å². The Balaban J connectivity index is 1.51. The third-order valence-corrected chi connectivity index (χ3v) is 4.40. The van der Waals surface area contributed by atoms with Gasteiger partial charge in [0.05, 0.1) is 19.2 Å². The van der Waals surface area contributed by atoms with Crippen LogP contribution in [0.1, 0.15) is 18.9 Å². The van der Waals surface area contributed by atoms with Gasteiger partial charge in [-0.1, -0.05) is 6.07 Å². The van der Waals surface area contributed by atoms with Gasteiger partial charge < -0.3 is 24.8 Å². The van der Waals surface area contributed by atoms with Gasteiger partial charge in [-0.2, -0.15) is 5.10 Å². The Hall–Kier alpha value is -4.08. The highest BCUT2D eigenvalue weighted by molar-refractivity contribution is 6.39. The number of ether oxygens (including phenoxy) is 3. The van der Waals surface area contributed by atoms with Crippen molar-refractivity contribution in [2.45, 2.75) is 20.3 Å². The molecule has 10 heteroatoms. The molecule has 10 nitrogen and oxygen atoms in total. The fraction of sp³-hybridized carbons (Fsp3) is 0.273. The smallest absolute Gasteiger partial charge is 0.329 e. The highest BCUT2D eigenvalue weighted by atomic mass is 16.6. The van der Waals surface area contributed by atoms with Crippen LogP contribution in [0.4, 0.5) is 11.4 Å². The molecule has 0 atom stereocenters. The first-order chi connectivity index (χ1) is 15.4. The molecule has 0 fully saturated rings. The fourth-order valence-electron chi connectivity index (χ4n) is 2.89. The Labute approximate surface area is 184 Å². The first-order valence-electron chi connectivity index (χ1n) is 9.84. The Morgan fingerprint density at radius 2 is 1.75 bits per heavy atom. The number of nitrogens with one attached hydrogen (secondary N) is 3. The summed E-state index contributed by atoms with van der Waals surface area (Å²) < 4.78 is 16.1. The molecule has 3 rings (SSSR count). The quantitative estimate of drug-likeness (QED) is 0.359. The maximum Gasteiger partial charge on any atom is 0.329 e. The molecule has 2 aromatic carbocycles. The summed E-state index contributed by atoms with van der Waals surface area (Å²) in [4.78, 5) is 36.4. The summed E-state index contributed by atoms with van der Waals surface area (Å²) >= 11 is 0. The molecule has 1 heterocycles. The number of rotatable bonds is 6. The second-order valence-electron chi connectivity index (χ2n) is 7.03. The highest BCUT2D eigenvalue weighted by Crippen LogP contribution is 2.32. The Bertz CT molecular complexity index is 1070. The summed E-state index contributed by atoms with van der Waals surface area (Å²) in [7, 11) is 1.46. The average Bonchev–Trinajstić information content (AvgIpc) is 2.77. The van der Waals surface area contributed by atoms with E-state index in [2.05, 4.69) is 21.2 Å². The SMILES string of the molecule is COc1ccc(C)cc1NC(=O)C(=O)N/N=C(/C)CC(=O)Nc1ccc2c(c1)OCCO2. The minimum Gasteiger partial charge on any atom is -0.495 e. The van der Waals surface area contributed by atoms with Gasteiger partial charge in [-0.25, -0.2) is 5.43 Å². The van der Waals surface area contributed by atoms with E-state index in [1.165, 1.54) is 7.11 Å². The Kier molecular flexibility index (Phi) is 7.27. The second-order valence-corrected chi connectivity index (χ2v) is 7.03. The molecule has 3 N–H and O–H groups in total. The summed E-state index contributed by atoms with van der Waals surface area (Å²) in [6.45, 7) is 4.33. The molecular formula is C22H24N4O6. The number of hydrogen-bond acceptors (Lipinski definition) is 7. The summed E-state index contributed by atoms with van der Waals surface area (Å²) in [5.41, 5.74) is 4.26. The van der Waals surface area contributed by atoms with Crippen molar-refractivity contribution in [3.8, 4) is 17.2 Å². The molecule has 0 radical (unpaired) electrons. The van der Waals surface area contributed by atoms with Gasteiger partial charge in [0.15, 0.2) is 11.5 Å². The Morgan fingerprint density at radius 1 is 1.00 bits per heavy atom. The lowest BCUT2D eigenvalue weighted by Crippen LogP contribution is -2.33. The maximum absolute atomic E-state index is 12.2. The zero-order chi connectivity index (χ0) is 23.1. The summed E-state index contributed by atoms with van der Waals surface area (Å²) in [6.07, 6.45) is -0.0813. The number of anilines is 2. The van der Waals surface area contributed by atoms with Crippen molar-refractivity contribution in [2.75, 3.05) is 31.0 Å². The maximum atomic E-state index is 12.2. The van der Waals surface area contributed by atoms with Crippen LogP contribution in [0.3, 0.4) is 0 Å². The molecule has 2 aromatic rings. The molecule has 0 aromatic heterocycles. The molecule has 0 saturated carbocycles. The lowest BCUT2D eigenvalue weighted by Gasteiger charge is -2.19. The van der Waals surface area contributed by atoms with Crippen molar-refractivity contribution in [1.29, 1.82) is 0 Å². The van der Waals surface area contributed by atoms with Gasteiger partial charge in [0, 0.05) is 17.5 Å². The first-order valence-corrected chi connectivity index (χ1v) is 9.84. The number of methoxy groups -OCH3 is 1. The number of carbonyl (C=O) groups is 3. The molecule has 1 aliphatic heterocycles. The van der Waals surface area contributed by atoms with Crippen molar-refractivity contribution < 1.29 is 28.6 Å². The zero-order valence-corrected chi connectivity index (χ0v) is 18.0. The van der Waals surface area contributed by atoms with Gasteiger partial charge in [-0.05, 0) is 43.7 Å². The number of benzene rings is 2. The highest BCUT2D eigenvalue weighted by Gasteiger charge is 2.16. The van der Waals surface area contributed by atoms with Crippen LogP contribution in [-0.4, -0.2) is 43.8 Å². The molecule has 1 aliphatic rings. The van der Waals surface area contributed by atoms with Crippen LogP contribution in [0.2, 0.25) is 0 Å². The molecule has 0 saturated heterocycles. The number of hydrogen-bond donors (Lipinski definition) is 3. The molecule has 0 unspecified atom stereocenters. The fourth-order valence-corrected chi connectivity index (χ4v) is 2.89. The lowest BCUT2D eigenvalue weighted by atomic mass is 10.2. The molecule has 32 heavy (non-hydrogen) atoms. The van der Waals surface area contributed by atoms with Gasteiger partial charge in [-0.15, -0.1) is 0 Å². The van der Waals surface area contributed by atoms with Crippen LogP contribution in [-0.2, 0) is 14.4 Å². The van der Waals surface area contributed by atoms with Gasteiger partial charge >= 0.3 is 11.8 Å². The minimum atomic E-state index is -0.972.